The summed E-state index contributed by atoms with van der Waals surface area (Å²) in [6, 6.07) is 29.7. The first kappa shape index (κ1) is 60.7. The fourth-order valence-corrected chi connectivity index (χ4v) is 8.68. The number of fused-ring (bicyclic) bond motifs is 2. The van der Waals surface area contributed by atoms with Crippen molar-refractivity contribution in [3.05, 3.63) is 121 Å². The second-order valence-corrected chi connectivity index (χ2v) is 18.5. The zero-order valence-corrected chi connectivity index (χ0v) is 43.4. The van der Waals surface area contributed by atoms with Gasteiger partial charge in [-0.2, -0.15) is 23.7 Å². The fourth-order valence-electron chi connectivity index (χ4n) is 8.68. The lowest BCUT2D eigenvalue weighted by Crippen LogP contribution is -2.43. The van der Waals surface area contributed by atoms with Crippen molar-refractivity contribution in [1.82, 2.24) is 35.7 Å². The third-order valence-electron chi connectivity index (χ3n) is 12.7. The minimum Gasteiger partial charge on any atom is -0.491 e. The number of nitrogens with one attached hydrogen (secondary N) is 3. The molecule has 0 saturated carbocycles. The van der Waals surface area contributed by atoms with Crippen LogP contribution in [0.4, 0.5) is 30.7 Å². The molecular weight excluding hydrogens is 1090 g/mol. The number of nitriles is 2. The number of carbonyl (C=O) groups excluding carboxylic acids is 4. The molecule has 4 amide bonds. The number of alkyl halides is 7. The van der Waals surface area contributed by atoms with Gasteiger partial charge in [0.2, 0.25) is 11.8 Å². The second kappa shape index (κ2) is 27.5. The summed E-state index contributed by atoms with van der Waals surface area (Å²) in [7, 11) is 0. The number of carboxylic acid groups (broad SMARTS) is 1. The van der Waals surface area contributed by atoms with E-state index in [1.165, 1.54) is 24.5 Å². The van der Waals surface area contributed by atoms with E-state index in [1.54, 1.807) is 24.3 Å². The number of ether oxygens (including phenoxy) is 4. The number of aliphatic carboxylic acids is 1. The standard InChI is InChI=1S/C54H51F4N9O8.C2HF3O2/c55-53(56)27-39(29-59)66(33-53)49(68)31-64-51(70)43-13-15-62-47-11-5-37(25-45(43)47)35-1-7-41(8-2-35)74-23-21-72-19-17-61-18-20-73-22-24-75-42-9-3-36(4-10-42)38-6-12-48-46(26-38)44(14-16-63-48)52(71)65-32-50(69)67-34-54(57,58)28-40(67)30-60;3-2(4,5)1(6)7/h1-16,25-26,39-40,61H,17-24,27-28,31-34H2,(H,64,70)(H,65,71);(H,6,7)/t39-,40-;/m0./s1. The van der Waals surface area contributed by atoms with Crippen molar-refractivity contribution < 1.29 is 78.8 Å². The number of nitrogens with zero attached hydrogens (tertiary/aromatic N) is 6. The first-order chi connectivity index (χ1) is 39.1. The molecule has 2 atom stereocenters. The number of hydrogen-bond acceptors (Lipinski definition) is 14. The van der Waals surface area contributed by atoms with Crippen molar-refractivity contribution in [2.24, 2.45) is 0 Å². The maximum absolute atomic E-state index is 13.8. The van der Waals surface area contributed by atoms with Crippen LogP contribution in [0.2, 0.25) is 0 Å². The zero-order valence-electron chi connectivity index (χ0n) is 43.4. The molecule has 4 N–H and O–H groups in total. The smallest absolute Gasteiger partial charge is 0.490 e. The lowest BCUT2D eigenvalue weighted by atomic mass is 10.0. The highest BCUT2D eigenvalue weighted by atomic mass is 19.4. The molecule has 6 aromatic rings. The molecule has 0 spiro atoms. The van der Waals surface area contributed by atoms with Gasteiger partial charge in [0, 0.05) is 49.1 Å². The normalized spacial score (nSPS) is 16.1. The second-order valence-electron chi connectivity index (χ2n) is 18.5. The summed E-state index contributed by atoms with van der Waals surface area (Å²) >= 11 is 0. The summed E-state index contributed by atoms with van der Waals surface area (Å²) in [5.74, 6) is -10.5. The third-order valence-corrected chi connectivity index (χ3v) is 12.7. The van der Waals surface area contributed by atoms with Crippen LogP contribution in [0.5, 0.6) is 11.5 Å². The van der Waals surface area contributed by atoms with Crippen molar-refractivity contribution in [3.8, 4) is 45.9 Å². The Hall–Kier alpha value is -8.98. The molecule has 2 aliphatic heterocycles. The Morgan fingerprint density at radius 2 is 0.963 bits per heavy atom. The van der Waals surface area contributed by atoms with E-state index in [0.29, 0.717) is 86.0 Å². The number of carboxylic acids is 1. The summed E-state index contributed by atoms with van der Waals surface area (Å²) in [5.41, 5.74) is 4.91. The van der Waals surface area contributed by atoms with E-state index in [2.05, 4.69) is 25.9 Å². The van der Waals surface area contributed by atoms with E-state index < -0.39 is 98.7 Å². The Labute approximate surface area is 463 Å². The molecule has 19 nitrogen and oxygen atoms in total. The predicted molar refractivity (Wildman–Crippen MR) is 280 cm³/mol. The van der Waals surface area contributed by atoms with Crippen molar-refractivity contribution in [1.29, 1.82) is 10.5 Å². The van der Waals surface area contributed by atoms with E-state index in [1.807, 2.05) is 72.8 Å². The maximum atomic E-state index is 13.8. The molecule has 430 valence electrons. The number of likely N-dealkylation sites (tertiary alicyclic amines) is 2. The van der Waals surface area contributed by atoms with E-state index >= 15 is 0 Å². The lowest BCUT2D eigenvalue weighted by Gasteiger charge is -2.19. The molecule has 4 heterocycles. The van der Waals surface area contributed by atoms with Gasteiger partial charge in [-0.05, 0) is 82.9 Å². The molecule has 0 unspecified atom stereocenters. The molecule has 0 bridgehead atoms. The molecule has 0 aliphatic carbocycles. The van der Waals surface area contributed by atoms with Crippen LogP contribution in [0.15, 0.2) is 109 Å². The number of carbonyl (C=O) groups is 5. The Balaban J connectivity index is 0.00000130. The van der Waals surface area contributed by atoms with E-state index in [-0.39, 0.29) is 11.1 Å². The van der Waals surface area contributed by atoms with Gasteiger partial charge in [-0.1, -0.05) is 36.4 Å². The van der Waals surface area contributed by atoms with E-state index in [9.17, 15) is 60.4 Å². The Kier molecular flexibility index (Phi) is 20.3. The number of amides is 4. The van der Waals surface area contributed by atoms with Gasteiger partial charge in [0.15, 0.2) is 0 Å². The predicted octanol–water partition coefficient (Wildman–Crippen LogP) is 6.81. The highest BCUT2D eigenvalue weighted by molar-refractivity contribution is 6.09. The minimum absolute atomic E-state index is 0.253. The molecule has 82 heavy (non-hydrogen) atoms. The van der Waals surface area contributed by atoms with Gasteiger partial charge < -0.3 is 49.8 Å². The van der Waals surface area contributed by atoms with Crippen LogP contribution in [0.1, 0.15) is 33.6 Å². The molecule has 2 saturated heterocycles. The zero-order chi connectivity index (χ0) is 59.0. The lowest BCUT2D eigenvalue weighted by molar-refractivity contribution is -0.192. The molecule has 4 aromatic carbocycles. The van der Waals surface area contributed by atoms with Crippen LogP contribution in [-0.4, -0.2) is 163 Å². The van der Waals surface area contributed by atoms with Crippen molar-refractivity contribution in [2.75, 3.05) is 78.9 Å². The summed E-state index contributed by atoms with van der Waals surface area (Å²) in [5, 5.41) is 34.9. The quantitative estimate of drug-likeness (QED) is 0.0402. The summed E-state index contributed by atoms with van der Waals surface area (Å²) in [6.45, 7) is 0.789. The minimum atomic E-state index is -5.08. The highest BCUT2D eigenvalue weighted by Gasteiger charge is 2.48. The Morgan fingerprint density at radius 1 is 0.585 bits per heavy atom. The number of aromatic nitrogens is 2. The number of hydrogen-bond donors (Lipinski definition) is 4. The van der Waals surface area contributed by atoms with Crippen LogP contribution in [0, 0.1) is 22.7 Å². The van der Waals surface area contributed by atoms with Gasteiger partial charge >= 0.3 is 12.1 Å². The number of halogens is 7. The topological polar surface area (TPSA) is 258 Å². The summed E-state index contributed by atoms with van der Waals surface area (Å²) in [6.07, 6.45) is -3.62. The van der Waals surface area contributed by atoms with Crippen molar-refractivity contribution >= 4 is 51.4 Å². The third kappa shape index (κ3) is 16.6. The van der Waals surface area contributed by atoms with Crippen LogP contribution in [-0.2, 0) is 23.9 Å². The molecule has 2 aromatic heterocycles. The summed E-state index contributed by atoms with van der Waals surface area (Å²) in [4.78, 5) is 70.8. The molecular formula is C56H52F7N9O10. The van der Waals surface area contributed by atoms with Gasteiger partial charge in [-0.3, -0.25) is 29.1 Å². The molecule has 2 fully saturated rings. The van der Waals surface area contributed by atoms with Crippen LogP contribution in [0.25, 0.3) is 44.1 Å². The van der Waals surface area contributed by atoms with Gasteiger partial charge in [-0.15, -0.1) is 0 Å². The molecule has 0 radical (unpaired) electrons. The monoisotopic (exact) mass is 1140 g/mol. The molecule has 8 rings (SSSR count). The number of rotatable bonds is 22. The van der Waals surface area contributed by atoms with E-state index in [4.69, 9.17) is 28.8 Å². The van der Waals surface area contributed by atoms with Gasteiger partial charge in [0.05, 0.1) is 86.9 Å². The number of benzene rings is 4. The fraction of sp³-hybridized carbons (Fsp3) is 0.339. The SMILES string of the molecule is N#C[C@@H]1CC(F)(F)CN1C(=O)CNC(=O)c1ccnc2ccc(-c3ccc(OCCOCCNCCOCCOc4ccc(-c5ccc6nccc(C(=O)NCC(=O)N7CC(F)(F)C[C@H]7C#N)c6c5)cc4)cc3)cc12.O=C(O)C(F)(F)F. The largest absolute Gasteiger partial charge is 0.491 e. The first-order valence-corrected chi connectivity index (χ1v) is 25.3. The maximum Gasteiger partial charge on any atom is 0.490 e. The van der Waals surface area contributed by atoms with Crippen molar-refractivity contribution in [2.45, 2.75) is 42.9 Å². The molecule has 26 heteroatoms. The van der Waals surface area contributed by atoms with Crippen molar-refractivity contribution in [3.63, 3.8) is 0 Å². The summed E-state index contributed by atoms with van der Waals surface area (Å²) < 4.78 is 110. The average molecular weight is 1140 g/mol. The van der Waals surface area contributed by atoms with Gasteiger partial charge in [0.1, 0.15) is 36.8 Å². The Bertz CT molecular complexity index is 3130. The highest BCUT2D eigenvalue weighted by Crippen LogP contribution is 2.34. The van der Waals surface area contributed by atoms with Crippen LogP contribution >= 0.6 is 0 Å². The Morgan fingerprint density at radius 3 is 1.33 bits per heavy atom. The number of pyridine rings is 2. The average Bonchev–Trinajstić information content (AvgIpc) is 4.05. The first-order valence-electron chi connectivity index (χ1n) is 25.3. The van der Waals surface area contributed by atoms with Gasteiger partial charge in [-0.25, -0.2) is 22.4 Å². The van der Waals surface area contributed by atoms with Gasteiger partial charge in [0.25, 0.3) is 23.7 Å². The van der Waals surface area contributed by atoms with Crippen LogP contribution < -0.4 is 25.4 Å². The van der Waals surface area contributed by atoms with E-state index in [0.717, 1.165) is 32.1 Å². The van der Waals surface area contributed by atoms with Crippen LogP contribution in [0.3, 0.4) is 0 Å². The molecule has 2 aliphatic rings.